The van der Waals surface area contributed by atoms with Gasteiger partial charge in [-0.15, -0.1) is 0 Å². The quantitative estimate of drug-likeness (QED) is 0.519. The van der Waals surface area contributed by atoms with Gasteiger partial charge in [-0.1, -0.05) is 18.6 Å². The lowest BCUT2D eigenvalue weighted by atomic mass is 9.86. The topological polar surface area (TPSA) is 46.5 Å². The lowest BCUT2D eigenvalue weighted by Crippen LogP contribution is -2.25. The van der Waals surface area contributed by atoms with Gasteiger partial charge in [0.2, 0.25) is 0 Å². The van der Waals surface area contributed by atoms with Crippen LogP contribution in [0.5, 0.6) is 0 Å². The van der Waals surface area contributed by atoms with E-state index in [4.69, 9.17) is 0 Å². The standard InChI is InChI=1S/C10H16O3/c1-3-7-4-8(10(12)13-2)6-9(11)5-7/h5,8-9,11H,3-4,6H2,1-2H3/t8-,9+/m0/s1. The van der Waals surface area contributed by atoms with E-state index in [9.17, 15) is 9.90 Å². The zero-order valence-corrected chi connectivity index (χ0v) is 8.12. The van der Waals surface area contributed by atoms with Crippen LogP contribution in [0, 0.1) is 5.92 Å². The Morgan fingerprint density at radius 1 is 1.77 bits per heavy atom. The monoisotopic (exact) mass is 184 g/mol. The summed E-state index contributed by atoms with van der Waals surface area (Å²) >= 11 is 0. The number of hydrogen-bond acceptors (Lipinski definition) is 3. The predicted octanol–water partition coefficient (Wildman–Crippen LogP) is 1.27. The molecule has 0 radical (unpaired) electrons. The van der Waals surface area contributed by atoms with E-state index in [1.165, 1.54) is 7.11 Å². The van der Waals surface area contributed by atoms with Gasteiger partial charge in [0.25, 0.3) is 0 Å². The second kappa shape index (κ2) is 4.42. The minimum Gasteiger partial charge on any atom is -0.469 e. The lowest BCUT2D eigenvalue weighted by Gasteiger charge is -2.23. The van der Waals surface area contributed by atoms with Crippen LogP contribution < -0.4 is 0 Å². The molecule has 2 atom stereocenters. The van der Waals surface area contributed by atoms with Crippen LogP contribution in [0.2, 0.25) is 0 Å². The van der Waals surface area contributed by atoms with Crippen LogP contribution in [0.3, 0.4) is 0 Å². The molecule has 13 heavy (non-hydrogen) atoms. The fourth-order valence-corrected chi connectivity index (χ4v) is 1.71. The molecule has 0 saturated carbocycles. The Morgan fingerprint density at radius 3 is 3.00 bits per heavy atom. The molecule has 3 nitrogen and oxygen atoms in total. The van der Waals surface area contributed by atoms with Gasteiger partial charge >= 0.3 is 5.97 Å². The van der Waals surface area contributed by atoms with Crippen molar-refractivity contribution >= 4 is 5.97 Å². The fourth-order valence-electron chi connectivity index (χ4n) is 1.71. The highest BCUT2D eigenvalue weighted by Crippen LogP contribution is 2.26. The van der Waals surface area contributed by atoms with Crippen LogP contribution in [0.1, 0.15) is 26.2 Å². The molecule has 3 heteroatoms. The van der Waals surface area contributed by atoms with Crippen molar-refractivity contribution < 1.29 is 14.6 Å². The Hall–Kier alpha value is -0.830. The number of carbonyl (C=O) groups is 1. The molecule has 74 valence electrons. The summed E-state index contributed by atoms with van der Waals surface area (Å²) in [5, 5.41) is 9.44. The number of aliphatic hydroxyl groups is 1. The summed E-state index contributed by atoms with van der Waals surface area (Å²) in [6, 6.07) is 0. The molecule has 0 aromatic heterocycles. The van der Waals surface area contributed by atoms with Gasteiger partial charge in [0, 0.05) is 0 Å². The average Bonchev–Trinajstić information content (AvgIpc) is 2.15. The Morgan fingerprint density at radius 2 is 2.46 bits per heavy atom. The second-order valence-corrected chi connectivity index (χ2v) is 3.41. The van der Waals surface area contributed by atoms with Crippen molar-refractivity contribution in [3.63, 3.8) is 0 Å². The molecular formula is C10H16O3. The second-order valence-electron chi connectivity index (χ2n) is 3.41. The van der Waals surface area contributed by atoms with Crippen LogP contribution in [0.15, 0.2) is 11.6 Å². The van der Waals surface area contributed by atoms with E-state index >= 15 is 0 Å². The third-order valence-electron chi connectivity index (χ3n) is 2.45. The van der Waals surface area contributed by atoms with Crippen molar-refractivity contribution in [2.75, 3.05) is 7.11 Å². The average molecular weight is 184 g/mol. The van der Waals surface area contributed by atoms with Gasteiger partial charge in [-0.25, -0.2) is 0 Å². The van der Waals surface area contributed by atoms with Gasteiger partial charge in [0.1, 0.15) is 0 Å². The first-order valence-electron chi connectivity index (χ1n) is 4.62. The predicted molar refractivity (Wildman–Crippen MR) is 49.1 cm³/mol. The Labute approximate surface area is 78.4 Å². The van der Waals surface area contributed by atoms with Crippen LogP contribution in [0.4, 0.5) is 0 Å². The van der Waals surface area contributed by atoms with E-state index in [-0.39, 0.29) is 11.9 Å². The van der Waals surface area contributed by atoms with E-state index in [1.54, 1.807) is 0 Å². The zero-order valence-electron chi connectivity index (χ0n) is 8.12. The summed E-state index contributed by atoms with van der Waals surface area (Å²) in [4.78, 5) is 11.2. The maximum atomic E-state index is 11.2. The molecule has 1 N–H and O–H groups in total. The van der Waals surface area contributed by atoms with E-state index in [2.05, 4.69) is 4.74 Å². The van der Waals surface area contributed by atoms with E-state index in [0.717, 1.165) is 18.4 Å². The first kappa shape index (κ1) is 10.3. The third kappa shape index (κ3) is 2.56. The number of hydrogen-bond donors (Lipinski definition) is 1. The van der Waals surface area contributed by atoms with Crippen LogP contribution >= 0.6 is 0 Å². The number of esters is 1. The lowest BCUT2D eigenvalue weighted by molar-refractivity contribution is -0.146. The number of rotatable bonds is 2. The summed E-state index contributed by atoms with van der Waals surface area (Å²) in [6.45, 7) is 2.03. The van der Waals surface area contributed by atoms with Crippen LogP contribution in [-0.2, 0) is 9.53 Å². The molecule has 0 saturated heterocycles. The molecule has 1 rings (SSSR count). The number of aliphatic hydroxyl groups excluding tert-OH is 1. The Balaban J connectivity index is 2.63. The summed E-state index contributed by atoms with van der Waals surface area (Å²) in [7, 11) is 1.39. The number of allylic oxidation sites excluding steroid dienone is 1. The summed E-state index contributed by atoms with van der Waals surface area (Å²) in [5.41, 5.74) is 1.15. The number of ether oxygens (including phenoxy) is 1. The Kier molecular flexibility index (Phi) is 3.48. The van der Waals surface area contributed by atoms with E-state index < -0.39 is 6.10 Å². The summed E-state index contributed by atoms with van der Waals surface area (Å²) < 4.78 is 4.65. The maximum Gasteiger partial charge on any atom is 0.309 e. The van der Waals surface area contributed by atoms with Gasteiger partial charge in [-0.2, -0.15) is 0 Å². The van der Waals surface area contributed by atoms with Crippen LogP contribution in [-0.4, -0.2) is 24.3 Å². The molecule has 0 fully saturated rings. The summed E-state index contributed by atoms with van der Waals surface area (Å²) in [5.74, 6) is -0.363. The molecule has 1 aliphatic carbocycles. The molecule has 0 amide bonds. The molecule has 0 aromatic rings. The van der Waals surface area contributed by atoms with Gasteiger partial charge < -0.3 is 9.84 Å². The minimum atomic E-state index is -0.479. The van der Waals surface area contributed by atoms with Gasteiger partial charge in [0.05, 0.1) is 19.1 Å². The van der Waals surface area contributed by atoms with Crippen LogP contribution in [0.25, 0.3) is 0 Å². The van der Waals surface area contributed by atoms with E-state index in [0.29, 0.717) is 6.42 Å². The Bertz CT molecular complexity index is 220. The molecule has 1 aliphatic rings. The first-order valence-corrected chi connectivity index (χ1v) is 4.62. The molecule has 0 heterocycles. The highest BCUT2D eigenvalue weighted by Gasteiger charge is 2.26. The van der Waals surface area contributed by atoms with Crippen molar-refractivity contribution in [3.8, 4) is 0 Å². The summed E-state index contributed by atoms with van der Waals surface area (Å²) in [6.07, 6.45) is 3.49. The number of carbonyl (C=O) groups excluding carboxylic acids is 1. The van der Waals surface area contributed by atoms with Gasteiger partial charge in [-0.3, -0.25) is 4.79 Å². The number of methoxy groups -OCH3 is 1. The van der Waals surface area contributed by atoms with Gasteiger partial charge in [-0.05, 0) is 19.3 Å². The molecule has 0 bridgehead atoms. The largest absolute Gasteiger partial charge is 0.469 e. The normalized spacial score (nSPS) is 28.1. The molecule has 0 aromatic carbocycles. The van der Waals surface area contributed by atoms with Crippen molar-refractivity contribution in [2.45, 2.75) is 32.3 Å². The minimum absolute atomic E-state index is 0.153. The first-order chi connectivity index (χ1) is 6.17. The molecular weight excluding hydrogens is 168 g/mol. The molecule has 0 unspecified atom stereocenters. The van der Waals surface area contributed by atoms with Crippen molar-refractivity contribution in [3.05, 3.63) is 11.6 Å². The molecule has 0 aliphatic heterocycles. The maximum absolute atomic E-state index is 11.2. The van der Waals surface area contributed by atoms with E-state index in [1.807, 2.05) is 13.0 Å². The SMILES string of the molecule is CCC1=C[C@@H](O)C[C@@H](C(=O)OC)C1. The highest BCUT2D eigenvalue weighted by atomic mass is 16.5. The smallest absolute Gasteiger partial charge is 0.309 e. The van der Waals surface area contributed by atoms with Crippen molar-refractivity contribution in [2.24, 2.45) is 5.92 Å². The zero-order chi connectivity index (χ0) is 9.84. The highest BCUT2D eigenvalue weighted by molar-refractivity contribution is 5.73. The van der Waals surface area contributed by atoms with Gasteiger partial charge in [0.15, 0.2) is 0 Å². The fraction of sp³-hybridized carbons (Fsp3) is 0.700. The third-order valence-corrected chi connectivity index (χ3v) is 2.45. The molecule has 0 spiro atoms. The van der Waals surface area contributed by atoms with Crippen molar-refractivity contribution in [1.29, 1.82) is 0 Å². The van der Waals surface area contributed by atoms with Crippen molar-refractivity contribution in [1.82, 2.24) is 0 Å².